The highest BCUT2D eigenvalue weighted by atomic mass is 16.7. The van der Waals surface area contributed by atoms with Crippen LogP contribution in [0.5, 0.6) is 0 Å². The van der Waals surface area contributed by atoms with Crippen molar-refractivity contribution in [1.29, 1.82) is 0 Å². The summed E-state index contributed by atoms with van der Waals surface area (Å²) in [5.41, 5.74) is 1.19. The highest BCUT2D eigenvalue weighted by Crippen LogP contribution is 2.24. The third-order valence-corrected chi connectivity index (χ3v) is 3.60. The zero-order valence-corrected chi connectivity index (χ0v) is 12.6. The second kappa shape index (κ2) is 7.82. The molecule has 0 saturated carbocycles. The number of carbonyl (C=O) groups excluding carboxylic acids is 1. The summed E-state index contributed by atoms with van der Waals surface area (Å²) in [6.45, 7) is 0.827. The van der Waals surface area contributed by atoms with Gasteiger partial charge in [-0.05, 0) is 6.07 Å². The Kier molecular flexibility index (Phi) is 6.05. The van der Waals surface area contributed by atoms with Crippen molar-refractivity contribution in [1.82, 2.24) is 0 Å². The van der Waals surface area contributed by atoms with Crippen molar-refractivity contribution in [2.75, 3.05) is 11.9 Å². The summed E-state index contributed by atoms with van der Waals surface area (Å²) < 4.78 is 10.5. The van der Waals surface area contributed by atoms with Gasteiger partial charge in [-0.2, -0.15) is 0 Å². The van der Waals surface area contributed by atoms with Crippen LogP contribution in [0.25, 0.3) is 0 Å². The molecule has 1 aliphatic heterocycles. The fourth-order valence-electron chi connectivity index (χ4n) is 2.40. The maximum atomic E-state index is 11.2. The van der Waals surface area contributed by atoms with Gasteiger partial charge in [-0.15, -0.1) is 0 Å². The number of hydrogen-bond acceptors (Lipinski definition) is 7. The number of rotatable bonds is 5. The van der Waals surface area contributed by atoms with Crippen molar-refractivity contribution >= 4 is 11.6 Å². The summed E-state index contributed by atoms with van der Waals surface area (Å²) in [7, 11) is 0. The van der Waals surface area contributed by atoms with E-state index in [-0.39, 0.29) is 12.5 Å². The molecule has 23 heavy (non-hydrogen) atoms. The Bertz CT molecular complexity index is 538. The first kappa shape index (κ1) is 17.8. The lowest BCUT2D eigenvalue weighted by atomic mass is 9.99. The lowest BCUT2D eigenvalue weighted by Gasteiger charge is -2.39. The Balaban J connectivity index is 2.04. The molecule has 0 aliphatic carbocycles. The molecule has 1 aromatic rings. The molecule has 1 aliphatic rings. The van der Waals surface area contributed by atoms with Crippen LogP contribution in [0.4, 0.5) is 5.69 Å². The van der Waals surface area contributed by atoms with E-state index in [9.17, 15) is 20.1 Å². The Hall–Kier alpha value is -1.55. The van der Waals surface area contributed by atoms with E-state index in [2.05, 4.69) is 5.32 Å². The summed E-state index contributed by atoms with van der Waals surface area (Å²) >= 11 is 0. The first-order valence-electron chi connectivity index (χ1n) is 7.21. The average Bonchev–Trinajstić information content (AvgIpc) is 2.51. The summed E-state index contributed by atoms with van der Waals surface area (Å²) in [5.74, 6) is -0.236. The Morgan fingerprint density at radius 3 is 2.61 bits per heavy atom. The number of anilines is 1. The molecule has 1 heterocycles. The molecule has 2 rings (SSSR count). The third-order valence-electron chi connectivity index (χ3n) is 3.60. The molecular formula is C15H21NO7. The maximum Gasteiger partial charge on any atom is 0.221 e. The van der Waals surface area contributed by atoms with Gasteiger partial charge in [0.15, 0.2) is 6.29 Å². The van der Waals surface area contributed by atoms with Crippen LogP contribution in [0.1, 0.15) is 12.5 Å². The molecule has 1 fully saturated rings. The molecule has 0 bridgehead atoms. The molecular weight excluding hydrogens is 306 g/mol. The molecule has 1 amide bonds. The zero-order valence-electron chi connectivity index (χ0n) is 12.6. The van der Waals surface area contributed by atoms with E-state index in [0.29, 0.717) is 11.3 Å². The molecule has 8 nitrogen and oxygen atoms in total. The zero-order chi connectivity index (χ0) is 17.0. The van der Waals surface area contributed by atoms with Crippen molar-refractivity contribution in [2.45, 2.75) is 44.2 Å². The van der Waals surface area contributed by atoms with Crippen LogP contribution in [0.3, 0.4) is 0 Å². The van der Waals surface area contributed by atoms with E-state index < -0.39 is 37.3 Å². The molecule has 128 valence electrons. The van der Waals surface area contributed by atoms with Crippen LogP contribution in [0.15, 0.2) is 24.3 Å². The number of carbonyl (C=O) groups is 1. The molecule has 5 N–H and O–H groups in total. The second-order valence-corrected chi connectivity index (χ2v) is 5.34. The number of hydrogen-bond donors (Lipinski definition) is 5. The quantitative estimate of drug-likeness (QED) is 0.467. The summed E-state index contributed by atoms with van der Waals surface area (Å²) in [5, 5.41) is 41.3. The van der Waals surface area contributed by atoms with E-state index in [1.54, 1.807) is 24.3 Å². The normalized spacial score (nSPS) is 30.9. The molecule has 8 heteroatoms. The minimum absolute atomic E-state index is 0.0187. The standard InChI is InChI=1S/C15H21NO7/c1-8(18)16-10-5-3-2-4-9(10)7-22-14-13(20)12(19)11(6-17)23-15(14)21/h2-5,11-15,17,19-21H,6-7H2,1H3,(H,16,18)/t11-,12-,13+,14+,15?/m1/s1. The van der Waals surface area contributed by atoms with Gasteiger partial charge >= 0.3 is 0 Å². The van der Waals surface area contributed by atoms with Crippen LogP contribution in [-0.4, -0.2) is 63.6 Å². The van der Waals surface area contributed by atoms with E-state index in [1.165, 1.54) is 6.92 Å². The summed E-state index contributed by atoms with van der Waals surface area (Å²) in [4.78, 5) is 11.2. The minimum Gasteiger partial charge on any atom is -0.394 e. The number of nitrogens with one attached hydrogen (secondary N) is 1. The Morgan fingerprint density at radius 1 is 1.26 bits per heavy atom. The van der Waals surface area contributed by atoms with Gasteiger partial charge in [0.05, 0.1) is 13.2 Å². The SMILES string of the molecule is CC(=O)Nc1ccccc1CO[C@@H]1C(O)O[C@H](CO)[C@@H](O)[C@@H]1O. The molecule has 0 spiro atoms. The number of ether oxygens (including phenoxy) is 2. The molecule has 1 aromatic carbocycles. The van der Waals surface area contributed by atoms with Crippen LogP contribution >= 0.6 is 0 Å². The van der Waals surface area contributed by atoms with Crippen LogP contribution < -0.4 is 5.32 Å². The molecule has 0 aromatic heterocycles. The largest absolute Gasteiger partial charge is 0.394 e. The fourth-order valence-corrected chi connectivity index (χ4v) is 2.40. The van der Waals surface area contributed by atoms with E-state index in [4.69, 9.17) is 14.6 Å². The Morgan fingerprint density at radius 2 is 1.96 bits per heavy atom. The van der Waals surface area contributed by atoms with E-state index in [0.717, 1.165) is 0 Å². The lowest BCUT2D eigenvalue weighted by molar-refractivity contribution is -0.298. The molecule has 1 unspecified atom stereocenters. The van der Waals surface area contributed by atoms with Crippen LogP contribution in [0.2, 0.25) is 0 Å². The predicted molar refractivity (Wildman–Crippen MR) is 79.3 cm³/mol. The lowest BCUT2D eigenvalue weighted by Crippen LogP contribution is -2.59. The second-order valence-electron chi connectivity index (χ2n) is 5.34. The van der Waals surface area contributed by atoms with E-state index in [1.807, 2.05) is 0 Å². The summed E-state index contributed by atoms with van der Waals surface area (Å²) in [6, 6.07) is 6.92. The number of amides is 1. The van der Waals surface area contributed by atoms with Gasteiger partial charge in [-0.25, -0.2) is 0 Å². The van der Waals surface area contributed by atoms with Gasteiger partial charge < -0.3 is 35.2 Å². The van der Waals surface area contributed by atoms with E-state index >= 15 is 0 Å². The first-order chi connectivity index (χ1) is 10.9. The van der Waals surface area contributed by atoms with Crippen molar-refractivity contribution in [2.24, 2.45) is 0 Å². The highest BCUT2D eigenvalue weighted by molar-refractivity contribution is 5.89. The van der Waals surface area contributed by atoms with Gasteiger partial charge in [0.1, 0.15) is 24.4 Å². The average molecular weight is 327 g/mol. The first-order valence-corrected chi connectivity index (χ1v) is 7.21. The fraction of sp³-hybridized carbons (Fsp3) is 0.533. The Labute approximate surface area is 133 Å². The number of aliphatic hydroxyl groups excluding tert-OH is 4. The van der Waals surface area contributed by atoms with Gasteiger partial charge in [0.25, 0.3) is 0 Å². The molecule has 5 atom stereocenters. The number of benzene rings is 1. The van der Waals surface area contributed by atoms with Crippen molar-refractivity contribution in [3.8, 4) is 0 Å². The van der Waals surface area contributed by atoms with Gasteiger partial charge in [-0.1, -0.05) is 18.2 Å². The van der Waals surface area contributed by atoms with Gasteiger partial charge in [-0.3, -0.25) is 4.79 Å². The van der Waals surface area contributed by atoms with Gasteiger partial charge in [0.2, 0.25) is 5.91 Å². The monoisotopic (exact) mass is 327 g/mol. The molecule has 1 saturated heterocycles. The topological polar surface area (TPSA) is 128 Å². The highest BCUT2D eigenvalue weighted by Gasteiger charge is 2.44. The van der Waals surface area contributed by atoms with Crippen molar-refractivity contribution in [3.63, 3.8) is 0 Å². The van der Waals surface area contributed by atoms with Crippen molar-refractivity contribution in [3.05, 3.63) is 29.8 Å². The van der Waals surface area contributed by atoms with Crippen LogP contribution in [-0.2, 0) is 20.9 Å². The maximum absolute atomic E-state index is 11.2. The minimum atomic E-state index is -1.49. The number of aliphatic hydroxyl groups is 4. The number of para-hydroxylation sites is 1. The molecule has 0 radical (unpaired) electrons. The van der Waals surface area contributed by atoms with Gasteiger partial charge in [0, 0.05) is 18.2 Å². The van der Waals surface area contributed by atoms with Crippen molar-refractivity contribution < 1.29 is 34.7 Å². The predicted octanol–water partition coefficient (Wildman–Crippen LogP) is -1.04. The summed E-state index contributed by atoms with van der Waals surface area (Å²) in [6.07, 6.45) is -6.54. The smallest absolute Gasteiger partial charge is 0.221 e. The van der Waals surface area contributed by atoms with Crippen LogP contribution in [0, 0.1) is 0 Å². The third kappa shape index (κ3) is 4.25.